The van der Waals surface area contributed by atoms with Crippen LogP contribution in [0.3, 0.4) is 0 Å². The Labute approximate surface area is 164 Å². The molecule has 0 bridgehead atoms. The molecule has 0 atom stereocenters. The van der Waals surface area contributed by atoms with Crippen molar-refractivity contribution in [1.82, 2.24) is 0 Å². The third-order valence-electron chi connectivity index (χ3n) is 3.95. The molecule has 5 heteroatoms. The molecule has 0 N–H and O–H groups in total. The second-order valence-corrected chi connectivity index (χ2v) is 7.25. The molecule has 0 fully saturated rings. The van der Waals surface area contributed by atoms with Crippen molar-refractivity contribution < 1.29 is 9.53 Å². The molecule has 1 heterocycles. The molecular formula is C20H17Br2NO2. The topological polar surface area (TPSA) is 29.5 Å². The van der Waals surface area contributed by atoms with Crippen molar-refractivity contribution in [3.05, 3.63) is 69.1 Å². The van der Waals surface area contributed by atoms with Crippen LogP contribution in [0.4, 0.5) is 5.69 Å². The number of rotatable bonds is 5. The molecule has 0 spiro atoms. The summed E-state index contributed by atoms with van der Waals surface area (Å²) in [7, 11) is 0. The number of anilines is 1. The number of amides is 1. The summed E-state index contributed by atoms with van der Waals surface area (Å²) in [4.78, 5) is 14.6. The predicted octanol–water partition coefficient (Wildman–Crippen LogP) is 5.68. The first-order valence-electron chi connectivity index (χ1n) is 7.92. The normalized spacial score (nSPS) is 14.8. The monoisotopic (exact) mass is 461 g/mol. The average molecular weight is 463 g/mol. The Kier molecular flexibility index (Phi) is 5.45. The van der Waals surface area contributed by atoms with Gasteiger partial charge in [0.15, 0.2) is 0 Å². The van der Waals surface area contributed by atoms with Gasteiger partial charge in [-0.05, 0) is 68.6 Å². The minimum absolute atomic E-state index is 0.0305. The minimum Gasteiger partial charge on any atom is -0.487 e. The summed E-state index contributed by atoms with van der Waals surface area (Å²) >= 11 is 7.07. The molecule has 1 aliphatic rings. The maximum atomic E-state index is 12.8. The zero-order valence-corrected chi connectivity index (χ0v) is 16.9. The van der Waals surface area contributed by atoms with Crippen molar-refractivity contribution in [3.8, 4) is 5.75 Å². The SMILES string of the molecule is C=CCOc1c(Br)cc(/C=C2\C(=O)N(CC)c3ccccc32)cc1Br. The first-order valence-corrected chi connectivity index (χ1v) is 9.51. The Hall–Kier alpha value is -1.85. The number of carbonyl (C=O) groups is 1. The molecule has 128 valence electrons. The van der Waals surface area contributed by atoms with Crippen molar-refractivity contribution in [3.63, 3.8) is 0 Å². The molecule has 0 saturated heterocycles. The van der Waals surface area contributed by atoms with Gasteiger partial charge in [0.25, 0.3) is 5.91 Å². The largest absolute Gasteiger partial charge is 0.487 e. The van der Waals surface area contributed by atoms with Gasteiger partial charge < -0.3 is 9.64 Å². The highest BCUT2D eigenvalue weighted by atomic mass is 79.9. The van der Waals surface area contributed by atoms with E-state index in [1.54, 1.807) is 11.0 Å². The van der Waals surface area contributed by atoms with E-state index in [2.05, 4.69) is 38.4 Å². The maximum Gasteiger partial charge on any atom is 0.258 e. The summed E-state index contributed by atoms with van der Waals surface area (Å²) in [5.41, 5.74) is 3.55. The fourth-order valence-corrected chi connectivity index (χ4v) is 4.32. The van der Waals surface area contributed by atoms with Crippen molar-refractivity contribution in [2.45, 2.75) is 6.92 Å². The van der Waals surface area contributed by atoms with Crippen LogP contribution < -0.4 is 9.64 Å². The summed E-state index contributed by atoms with van der Waals surface area (Å²) in [6.45, 7) is 6.71. The van der Waals surface area contributed by atoms with E-state index in [4.69, 9.17) is 4.74 Å². The quantitative estimate of drug-likeness (QED) is 0.422. The van der Waals surface area contributed by atoms with Gasteiger partial charge in [0, 0.05) is 17.7 Å². The predicted molar refractivity (Wildman–Crippen MR) is 110 cm³/mol. The lowest BCUT2D eigenvalue weighted by atomic mass is 10.0. The molecule has 3 nitrogen and oxygen atoms in total. The number of hydrogen-bond acceptors (Lipinski definition) is 2. The first kappa shape index (κ1) is 18.0. The number of nitrogens with zero attached hydrogens (tertiary/aromatic N) is 1. The first-order chi connectivity index (χ1) is 12.1. The molecule has 25 heavy (non-hydrogen) atoms. The summed E-state index contributed by atoms with van der Waals surface area (Å²) in [5, 5.41) is 0. The highest BCUT2D eigenvalue weighted by Gasteiger charge is 2.30. The summed E-state index contributed by atoms with van der Waals surface area (Å²) < 4.78 is 7.29. The maximum absolute atomic E-state index is 12.8. The van der Waals surface area contributed by atoms with E-state index in [9.17, 15) is 4.79 Å². The highest BCUT2D eigenvalue weighted by Crippen LogP contribution is 2.39. The van der Waals surface area contributed by atoms with E-state index in [-0.39, 0.29) is 5.91 Å². The Morgan fingerprint density at radius 2 is 1.88 bits per heavy atom. The average Bonchev–Trinajstić information content (AvgIpc) is 2.86. The van der Waals surface area contributed by atoms with Crippen molar-refractivity contribution in [2.75, 3.05) is 18.1 Å². The minimum atomic E-state index is 0.0305. The van der Waals surface area contributed by atoms with Crippen LogP contribution in [0.2, 0.25) is 0 Å². The van der Waals surface area contributed by atoms with Crippen LogP contribution in [0.25, 0.3) is 11.6 Å². The molecule has 0 saturated carbocycles. The Morgan fingerprint density at radius 1 is 1.20 bits per heavy atom. The van der Waals surface area contributed by atoms with E-state index < -0.39 is 0 Å². The molecule has 2 aromatic carbocycles. The van der Waals surface area contributed by atoms with Crippen LogP contribution in [-0.4, -0.2) is 19.1 Å². The summed E-state index contributed by atoms with van der Waals surface area (Å²) in [6, 6.07) is 11.8. The van der Waals surface area contributed by atoms with Crippen molar-refractivity contribution >= 4 is 55.1 Å². The number of para-hydroxylation sites is 1. The molecule has 1 amide bonds. The lowest BCUT2D eigenvalue weighted by Gasteiger charge is -2.13. The second kappa shape index (κ2) is 7.58. The Bertz CT molecular complexity index is 851. The van der Waals surface area contributed by atoms with Gasteiger partial charge in [-0.25, -0.2) is 0 Å². The van der Waals surface area contributed by atoms with Crippen LogP contribution >= 0.6 is 31.9 Å². The van der Waals surface area contributed by atoms with Gasteiger partial charge >= 0.3 is 0 Å². The van der Waals surface area contributed by atoms with Gasteiger partial charge in [-0.15, -0.1) is 0 Å². The number of hydrogen-bond donors (Lipinski definition) is 0. The number of carbonyl (C=O) groups excluding carboxylic acids is 1. The fourth-order valence-electron chi connectivity index (χ4n) is 2.87. The van der Waals surface area contributed by atoms with Gasteiger partial charge in [-0.1, -0.05) is 30.9 Å². The number of likely N-dealkylation sites (N-methyl/N-ethyl adjacent to an activating group) is 1. The van der Waals surface area contributed by atoms with Crippen molar-refractivity contribution in [2.24, 2.45) is 0 Å². The van der Waals surface area contributed by atoms with E-state index in [0.717, 1.165) is 31.5 Å². The number of fused-ring (bicyclic) bond motifs is 1. The van der Waals surface area contributed by atoms with Crippen LogP contribution in [0.15, 0.2) is 58.0 Å². The second-order valence-electron chi connectivity index (χ2n) is 5.54. The molecular weight excluding hydrogens is 446 g/mol. The highest BCUT2D eigenvalue weighted by molar-refractivity contribution is 9.11. The molecule has 0 aromatic heterocycles. The molecule has 0 unspecified atom stereocenters. The number of halogens is 2. The number of benzene rings is 2. The number of ether oxygens (including phenoxy) is 1. The molecule has 3 rings (SSSR count). The lowest BCUT2D eigenvalue weighted by Crippen LogP contribution is -2.25. The fraction of sp³-hybridized carbons (Fsp3) is 0.150. The molecule has 0 aliphatic carbocycles. The zero-order chi connectivity index (χ0) is 18.0. The van der Waals surface area contributed by atoms with Gasteiger partial charge in [-0.3, -0.25) is 4.79 Å². The molecule has 0 radical (unpaired) electrons. The Balaban J connectivity index is 2.04. The third kappa shape index (κ3) is 3.44. The van der Waals surface area contributed by atoms with Crippen LogP contribution in [-0.2, 0) is 4.79 Å². The Morgan fingerprint density at radius 3 is 2.52 bits per heavy atom. The van der Waals surface area contributed by atoms with Gasteiger partial charge in [-0.2, -0.15) is 0 Å². The third-order valence-corrected chi connectivity index (χ3v) is 5.13. The standard InChI is InChI=1S/C20H17Br2NO2/c1-3-9-25-19-16(21)11-13(12-17(19)22)10-15-14-7-5-6-8-18(14)23(4-2)20(15)24/h3,5-8,10-12H,1,4,9H2,2H3/b15-10-. The van der Waals surface area contributed by atoms with E-state index in [1.807, 2.05) is 49.4 Å². The van der Waals surface area contributed by atoms with Crippen LogP contribution in [0.1, 0.15) is 18.1 Å². The lowest BCUT2D eigenvalue weighted by molar-refractivity contribution is -0.112. The van der Waals surface area contributed by atoms with Gasteiger partial charge in [0.1, 0.15) is 12.4 Å². The van der Waals surface area contributed by atoms with Gasteiger partial charge in [0.2, 0.25) is 0 Å². The zero-order valence-electron chi connectivity index (χ0n) is 13.8. The van der Waals surface area contributed by atoms with E-state index in [0.29, 0.717) is 18.7 Å². The van der Waals surface area contributed by atoms with Gasteiger partial charge in [0.05, 0.1) is 14.6 Å². The van der Waals surface area contributed by atoms with E-state index in [1.165, 1.54) is 0 Å². The molecule has 1 aliphatic heterocycles. The van der Waals surface area contributed by atoms with Crippen LogP contribution in [0.5, 0.6) is 5.75 Å². The summed E-state index contributed by atoms with van der Waals surface area (Å²) in [5.74, 6) is 0.748. The van der Waals surface area contributed by atoms with Crippen LogP contribution in [0, 0.1) is 0 Å². The van der Waals surface area contributed by atoms with E-state index >= 15 is 0 Å². The molecule has 2 aromatic rings. The smallest absolute Gasteiger partial charge is 0.258 e. The van der Waals surface area contributed by atoms with Crippen molar-refractivity contribution in [1.29, 1.82) is 0 Å². The summed E-state index contributed by atoms with van der Waals surface area (Å²) in [6.07, 6.45) is 3.62.